The molecule has 0 bridgehead atoms. The van der Waals surface area contributed by atoms with Crippen LogP contribution in [0.2, 0.25) is 0 Å². The SMILES string of the molecule is COC1CC(C(=O)O)N(C(=O)c2cccc(Br)c2C)C1. The monoisotopic (exact) mass is 341 g/mol. The first kappa shape index (κ1) is 15.0. The Labute approximate surface area is 125 Å². The van der Waals surface area contributed by atoms with Crippen LogP contribution in [0.3, 0.4) is 0 Å². The fraction of sp³-hybridized carbons (Fsp3) is 0.429. The van der Waals surface area contributed by atoms with Gasteiger partial charge in [-0.3, -0.25) is 4.79 Å². The molecule has 1 amide bonds. The van der Waals surface area contributed by atoms with Crippen molar-refractivity contribution in [3.63, 3.8) is 0 Å². The highest BCUT2D eigenvalue weighted by atomic mass is 79.9. The summed E-state index contributed by atoms with van der Waals surface area (Å²) in [6, 6.07) is 4.50. The Kier molecular flexibility index (Phi) is 4.45. The smallest absolute Gasteiger partial charge is 0.326 e. The molecule has 2 rings (SSSR count). The second kappa shape index (κ2) is 5.93. The first-order chi connectivity index (χ1) is 9.45. The van der Waals surface area contributed by atoms with Gasteiger partial charge in [0.25, 0.3) is 5.91 Å². The van der Waals surface area contributed by atoms with E-state index in [9.17, 15) is 14.7 Å². The second-order valence-electron chi connectivity index (χ2n) is 4.82. The Morgan fingerprint density at radius 1 is 1.45 bits per heavy atom. The van der Waals surface area contributed by atoms with Gasteiger partial charge in [-0.05, 0) is 24.6 Å². The average molecular weight is 342 g/mol. The number of nitrogens with zero attached hydrogens (tertiary/aromatic N) is 1. The van der Waals surface area contributed by atoms with Gasteiger partial charge in [-0.15, -0.1) is 0 Å². The number of ether oxygens (including phenoxy) is 1. The molecule has 1 aromatic carbocycles. The normalized spacial score (nSPS) is 22.1. The lowest BCUT2D eigenvalue weighted by Gasteiger charge is -2.22. The standard InChI is InChI=1S/C14H16BrNO4/c1-8-10(4-3-5-11(8)15)13(17)16-7-9(20-2)6-12(16)14(18)19/h3-5,9,12H,6-7H2,1-2H3,(H,18,19). The lowest BCUT2D eigenvalue weighted by molar-refractivity contribution is -0.141. The van der Waals surface area contributed by atoms with Crippen LogP contribution in [0, 0.1) is 6.92 Å². The molecule has 6 heteroatoms. The summed E-state index contributed by atoms with van der Waals surface area (Å²) >= 11 is 3.38. The van der Waals surface area contributed by atoms with E-state index in [1.54, 1.807) is 12.1 Å². The molecule has 0 radical (unpaired) electrons. The number of halogens is 1. The maximum Gasteiger partial charge on any atom is 0.326 e. The molecule has 1 aliphatic heterocycles. The Morgan fingerprint density at radius 3 is 2.75 bits per heavy atom. The number of likely N-dealkylation sites (tertiary alicyclic amines) is 1. The van der Waals surface area contributed by atoms with Crippen molar-refractivity contribution >= 4 is 27.8 Å². The first-order valence-corrected chi connectivity index (χ1v) is 7.06. The minimum atomic E-state index is -0.995. The van der Waals surface area contributed by atoms with Crippen molar-refractivity contribution in [2.75, 3.05) is 13.7 Å². The van der Waals surface area contributed by atoms with Gasteiger partial charge in [0.1, 0.15) is 6.04 Å². The van der Waals surface area contributed by atoms with Crippen molar-refractivity contribution in [2.45, 2.75) is 25.5 Å². The second-order valence-corrected chi connectivity index (χ2v) is 5.67. The van der Waals surface area contributed by atoms with Crippen LogP contribution in [-0.2, 0) is 9.53 Å². The third-order valence-electron chi connectivity index (χ3n) is 3.64. The first-order valence-electron chi connectivity index (χ1n) is 6.27. The van der Waals surface area contributed by atoms with Crippen molar-refractivity contribution in [1.82, 2.24) is 4.90 Å². The van der Waals surface area contributed by atoms with Crippen LogP contribution < -0.4 is 0 Å². The predicted octanol–water partition coefficient (Wildman–Crippen LogP) is 2.07. The number of carboxylic acids is 1. The van der Waals surface area contributed by atoms with E-state index in [1.807, 2.05) is 13.0 Å². The Morgan fingerprint density at radius 2 is 2.15 bits per heavy atom. The molecule has 1 aliphatic rings. The molecule has 0 aromatic heterocycles. The van der Waals surface area contributed by atoms with Gasteiger partial charge in [0.2, 0.25) is 0 Å². The highest BCUT2D eigenvalue weighted by Gasteiger charge is 2.40. The molecule has 1 N–H and O–H groups in total. The summed E-state index contributed by atoms with van der Waals surface area (Å²) in [5.74, 6) is -1.26. The van der Waals surface area contributed by atoms with Gasteiger partial charge in [-0.1, -0.05) is 22.0 Å². The van der Waals surface area contributed by atoms with Crippen LogP contribution in [0.15, 0.2) is 22.7 Å². The zero-order valence-corrected chi connectivity index (χ0v) is 12.9. The van der Waals surface area contributed by atoms with E-state index in [0.717, 1.165) is 10.0 Å². The van der Waals surface area contributed by atoms with Crippen molar-refractivity contribution < 1.29 is 19.4 Å². The zero-order valence-electron chi connectivity index (χ0n) is 11.3. The summed E-state index contributed by atoms with van der Waals surface area (Å²) < 4.78 is 6.03. The summed E-state index contributed by atoms with van der Waals surface area (Å²) in [5, 5.41) is 9.26. The number of carboxylic acid groups (broad SMARTS) is 1. The molecule has 5 nitrogen and oxygen atoms in total. The van der Waals surface area contributed by atoms with Crippen LogP contribution in [0.1, 0.15) is 22.3 Å². The van der Waals surface area contributed by atoms with Crippen molar-refractivity contribution in [1.29, 1.82) is 0 Å². The van der Waals surface area contributed by atoms with Gasteiger partial charge in [-0.2, -0.15) is 0 Å². The topological polar surface area (TPSA) is 66.8 Å². The van der Waals surface area contributed by atoms with Crippen LogP contribution in [0.5, 0.6) is 0 Å². The minimum absolute atomic E-state index is 0.229. The molecule has 2 atom stereocenters. The number of amides is 1. The summed E-state index contributed by atoms with van der Waals surface area (Å²) in [7, 11) is 1.53. The van der Waals surface area contributed by atoms with Crippen LogP contribution in [-0.4, -0.2) is 47.7 Å². The number of rotatable bonds is 3. The van der Waals surface area contributed by atoms with E-state index in [1.165, 1.54) is 12.0 Å². The number of hydrogen-bond acceptors (Lipinski definition) is 3. The zero-order chi connectivity index (χ0) is 14.9. The van der Waals surface area contributed by atoms with Gasteiger partial charge in [0, 0.05) is 30.1 Å². The van der Waals surface area contributed by atoms with Crippen LogP contribution in [0.4, 0.5) is 0 Å². The number of methoxy groups -OCH3 is 1. The molecule has 1 heterocycles. The minimum Gasteiger partial charge on any atom is -0.480 e. The average Bonchev–Trinajstić information content (AvgIpc) is 2.85. The number of benzene rings is 1. The largest absolute Gasteiger partial charge is 0.480 e. The highest BCUT2D eigenvalue weighted by molar-refractivity contribution is 9.10. The summed E-state index contributed by atoms with van der Waals surface area (Å²) in [5.41, 5.74) is 1.32. The quantitative estimate of drug-likeness (QED) is 0.913. The lowest BCUT2D eigenvalue weighted by atomic mass is 10.1. The summed E-state index contributed by atoms with van der Waals surface area (Å²) in [6.45, 7) is 2.13. The molecular formula is C14H16BrNO4. The molecule has 20 heavy (non-hydrogen) atoms. The van der Waals surface area contributed by atoms with Crippen LogP contribution >= 0.6 is 15.9 Å². The number of carbonyl (C=O) groups is 2. The molecular weight excluding hydrogens is 326 g/mol. The van der Waals surface area contributed by atoms with E-state index >= 15 is 0 Å². The predicted molar refractivity (Wildman–Crippen MR) is 76.8 cm³/mol. The van der Waals surface area contributed by atoms with Gasteiger partial charge in [0.05, 0.1) is 6.10 Å². The Balaban J connectivity index is 2.31. The summed E-state index contributed by atoms with van der Waals surface area (Å²) in [4.78, 5) is 25.3. The number of hydrogen-bond donors (Lipinski definition) is 1. The van der Waals surface area contributed by atoms with Gasteiger partial charge in [-0.25, -0.2) is 4.79 Å². The van der Waals surface area contributed by atoms with E-state index in [2.05, 4.69) is 15.9 Å². The van der Waals surface area contributed by atoms with Crippen molar-refractivity contribution in [2.24, 2.45) is 0 Å². The molecule has 0 spiro atoms. The van der Waals surface area contributed by atoms with Crippen molar-refractivity contribution in [3.8, 4) is 0 Å². The van der Waals surface area contributed by atoms with Gasteiger partial charge >= 0.3 is 5.97 Å². The highest BCUT2D eigenvalue weighted by Crippen LogP contribution is 2.26. The fourth-order valence-electron chi connectivity index (χ4n) is 2.42. The third-order valence-corrected chi connectivity index (χ3v) is 4.50. The molecule has 0 aliphatic carbocycles. The van der Waals surface area contributed by atoms with E-state index in [4.69, 9.17) is 4.74 Å². The Bertz CT molecular complexity index is 546. The molecule has 1 saturated heterocycles. The molecule has 2 unspecified atom stereocenters. The van der Waals surface area contributed by atoms with Crippen LogP contribution in [0.25, 0.3) is 0 Å². The number of aliphatic carboxylic acids is 1. The van der Waals surface area contributed by atoms with Crippen molar-refractivity contribution in [3.05, 3.63) is 33.8 Å². The maximum atomic E-state index is 12.6. The van der Waals surface area contributed by atoms with E-state index in [-0.39, 0.29) is 12.0 Å². The molecule has 108 valence electrons. The Hall–Kier alpha value is -1.40. The molecule has 1 fully saturated rings. The molecule has 0 saturated carbocycles. The van der Waals surface area contributed by atoms with Gasteiger partial charge < -0.3 is 14.7 Å². The fourth-order valence-corrected chi connectivity index (χ4v) is 2.79. The van der Waals surface area contributed by atoms with E-state index in [0.29, 0.717) is 18.5 Å². The lowest BCUT2D eigenvalue weighted by Crippen LogP contribution is -2.40. The molecule has 1 aromatic rings. The summed E-state index contributed by atoms with van der Waals surface area (Å²) in [6.07, 6.45) is 0.0949. The third kappa shape index (κ3) is 2.71. The number of carbonyl (C=O) groups excluding carboxylic acids is 1. The van der Waals surface area contributed by atoms with E-state index < -0.39 is 12.0 Å². The maximum absolute atomic E-state index is 12.6. The van der Waals surface area contributed by atoms with Gasteiger partial charge in [0.15, 0.2) is 0 Å².